The number of nitrogens with zero attached hydrogens (tertiary/aromatic N) is 6. The van der Waals surface area contributed by atoms with Gasteiger partial charge in [-0.05, 0) is 49.3 Å². The maximum atomic E-state index is 11.9. The van der Waals surface area contributed by atoms with Crippen molar-refractivity contribution in [3.63, 3.8) is 0 Å². The largest absolute Gasteiger partial charge is 0.439 e. The van der Waals surface area contributed by atoms with Crippen LogP contribution in [-0.2, 0) is 11.3 Å². The van der Waals surface area contributed by atoms with Gasteiger partial charge in [0.15, 0.2) is 0 Å². The number of hydrogen-bond acceptors (Lipinski definition) is 8. The van der Waals surface area contributed by atoms with Gasteiger partial charge in [-0.2, -0.15) is 0 Å². The smallest absolute Gasteiger partial charge is 0.374 e. The third-order valence-corrected chi connectivity index (χ3v) is 8.96. The lowest BCUT2D eigenvalue weighted by Gasteiger charge is -2.40. The zero-order valence-corrected chi connectivity index (χ0v) is 25.0. The fourth-order valence-corrected chi connectivity index (χ4v) is 6.66. The van der Waals surface area contributed by atoms with E-state index in [0.717, 1.165) is 35.0 Å². The molecule has 0 amide bonds. The van der Waals surface area contributed by atoms with Gasteiger partial charge in [-0.1, -0.05) is 66.9 Å². The zero-order valence-electron chi connectivity index (χ0n) is 24.2. The van der Waals surface area contributed by atoms with Gasteiger partial charge < -0.3 is 14.2 Å². The van der Waals surface area contributed by atoms with Crippen molar-refractivity contribution in [1.82, 2.24) is 29.7 Å². The van der Waals surface area contributed by atoms with E-state index in [1.807, 2.05) is 18.2 Å². The summed E-state index contributed by atoms with van der Waals surface area (Å²) in [5.41, 5.74) is 4.70. The first-order chi connectivity index (χ1) is 20.9. The second-order valence-corrected chi connectivity index (χ2v) is 12.4. The third kappa shape index (κ3) is 5.57. The number of morpholine rings is 1. The fraction of sp³-hybridized carbons (Fsp3) is 0.406. The van der Waals surface area contributed by atoms with Gasteiger partial charge in [0.1, 0.15) is 5.69 Å². The van der Waals surface area contributed by atoms with Crippen molar-refractivity contribution in [2.45, 2.75) is 58.2 Å². The van der Waals surface area contributed by atoms with Crippen molar-refractivity contribution in [3.8, 4) is 22.8 Å². The molecule has 4 aromatic heterocycles. The van der Waals surface area contributed by atoms with Crippen LogP contribution in [0.3, 0.4) is 0 Å². The molecule has 1 aliphatic heterocycles. The molecule has 1 saturated carbocycles. The molecule has 2 fully saturated rings. The normalized spacial score (nSPS) is 22.7. The number of benzene rings is 1. The van der Waals surface area contributed by atoms with E-state index in [4.69, 9.17) is 30.8 Å². The summed E-state index contributed by atoms with van der Waals surface area (Å²) in [6.45, 7) is 6.51. The van der Waals surface area contributed by atoms with Gasteiger partial charge in [-0.15, -0.1) is 0 Å². The molecule has 1 aliphatic carbocycles. The number of aromatic amines is 1. The summed E-state index contributed by atoms with van der Waals surface area (Å²) in [6, 6.07) is 14.2. The number of hydrogen-bond donors (Lipinski definition) is 1. The molecule has 7 rings (SSSR count). The highest BCUT2D eigenvalue weighted by molar-refractivity contribution is 6.30. The molecule has 10 nitrogen and oxygen atoms in total. The maximum absolute atomic E-state index is 11.9. The standard InChI is InChI=1S/C32H34ClN7O3/c1-19-8-10-21(11-9-19)17-40-29-25(36-31(40)39-16-20(2)42-18-27(39)22-6-4-3-5-7-22)13-26(30-37-32(41)43-38-30)35-28(29)23-12-24(33)15-34-14-23/h3-7,12-15,19-21,27H,8-11,16-18H2,1-2H3,(H,37,38,41)/t19?,20-,21?,27-/m1/s1. The summed E-state index contributed by atoms with van der Waals surface area (Å²) in [5.74, 6) is 1.73. The van der Waals surface area contributed by atoms with E-state index in [1.54, 1.807) is 12.4 Å². The van der Waals surface area contributed by atoms with Crippen LogP contribution in [0.25, 0.3) is 33.8 Å². The second-order valence-electron chi connectivity index (χ2n) is 11.9. The average Bonchev–Trinajstić information content (AvgIpc) is 3.61. The molecule has 43 heavy (non-hydrogen) atoms. The predicted octanol–water partition coefficient (Wildman–Crippen LogP) is 6.28. The van der Waals surface area contributed by atoms with Crippen molar-refractivity contribution in [2.24, 2.45) is 11.8 Å². The number of fused-ring (bicyclic) bond motifs is 1. The molecule has 0 unspecified atom stereocenters. The van der Waals surface area contributed by atoms with Gasteiger partial charge in [0.2, 0.25) is 11.8 Å². The van der Waals surface area contributed by atoms with Gasteiger partial charge in [0, 0.05) is 31.0 Å². The molecule has 5 heterocycles. The average molecular weight is 600 g/mol. The lowest BCUT2D eigenvalue weighted by Crippen LogP contribution is -2.45. The first kappa shape index (κ1) is 27.8. The van der Waals surface area contributed by atoms with Crippen molar-refractivity contribution in [3.05, 3.63) is 76.0 Å². The summed E-state index contributed by atoms with van der Waals surface area (Å²) >= 11 is 6.44. The van der Waals surface area contributed by atoms with Crippen molar-refractivity contribution >= 4 is 28.6 Å². The number of imidazole rings is 1. The van der Waals surface area contributed by atoms with Gasteiger partial charge in [0.25, 0.3) is 0 Å². The van der Waals surface area contributed by atoms with Crippen LogP contribution in [0.4, 0.5) is 5.95 Å². The Labute approximate surface area is 254 Å². The second kappa shape index (κ2) is 11.6. The SMILES string of the molecule is CC1CCC(Cn2c(N3C[C@@H](C)OC[C@@H]3c3ccccc3)nc3cc(-c4noc(=O)[nH]4)nc(-c4cncc(Cl)c4)c32)CC1. The molecule has 2 aliphatic rings. The number of pyridine rings is 2. The molecule has 222 valence electrons. The van der Waals surface area contributed by atoms with E-state index in [1.165, 1.54) is 31.2 Å². The van der Waals surface area contributed by atoms with Crippen LogP contribution in [-0.4, -0.2) is 48.9 Å². The number of H-pyrrole nitrogens is 1. The fourth-order valence-electron chi connectivity index (χ4n) is 6.49. The Bertz CT molecular complexity index is 1790. The Morgan fingerprint density at radius 2 is 1.86 bits per heavy atom. The Morgan fingerprint density at radius 3 is 2.60 bits per heavy atom. The van der Waals surface area contributed by atoms with Crippen molar-refractivity contribution in [1.29, 1.82) is 0 Å². The van der Waals surface area contributed by atoms with Crippen molar-refractivity contribution < 1.29 is 9.26 Å². The molecule has 0 bridgehead atoms. The van der Waals surface area contributed by atoms with Gasteiger partial charge in [-0.25, -0.2) is 14.8 Å². The lowest BCUT2D eigenvalue weighted by molar-refractivity contribution is 0.0293. The van der Waals surface area contributed by atoms with E-state index in [-0.39, 0.29) is 18.0 Å². The monoisotopic (exact) mass is 599 g/mol. The molecule has 1 saturated heterocycles. The molecule has 1 aromatic carbocycles. The van der Waals surface area contributed by atoms with E-state index >= 15 is 0 Å². The molecule has 11 heteroatoms. The quantitative estimate of drug-likeness (QED) is 0.242. The number of halogens is 1. The molecule has 5 aromatic rings. The number of nitrogens with one attached hydrogen (secondary N) is 1. The molecule has 1 N–H and O–H groups in total. The van der Waals surface area contributed by atoms with Crippen LogP contribution in [0.1, 0.15) is 51.1 Å². The summed E-state index contributed by atoms with van der Waals surface area (Å²) < 4.78 is 13.4. The van der Waals surface area contributed by atoms with E-state index in [2.05, 4.69) is 62.7 Å². The minimum absolute atomic E-state index is 0.00467. The van der Waals surface area contributed by atoms with Crippen LogP contribution in [0.15, 0.2) is 64.2 Å². The van der Waals surface area contributed by atoms with Crippen LogP contribution >= 0.6 is 11.6 Å². The Morgan fingerprint density at radius 1 is 1.05 bits per heavy atom. The highest BCUT2D eigenvalue weighted by atomic mass is 35.5. The summed E-state index contributed by atoms with van der Waals surface area (Å²) in [6.07, 6.45) is 8.18. The van der Waals surface area contributed by atoms with Crippen LogP contribution in [0.5, 0.6) is 0 Å². The minimum atomic E-state index is -0.645. The lowest BCUT2D eigenvalue weighted by atomic mass is 9.83. The molecular weight excluding hydrogens is 566 g/mol. The number of anilines is 1. The number of rotatable bonds is 6. The van der Waals surface area contributed by atoms with E-state index in [9.17, 15) is 4.79 Å². The Hall–Kier alpha value is -4.02. The van der Waals surface area contributed by atoms with E-state index < -0.39 is 5.76 Å². The topological polar surface area (TPSA) is 115 Å². The minimum Gasteiger partial charge on any atom is -0.374 e. The molecule has 0 spiro atoms. The van der Waals surface area contributed by atoms with E-state index in [0.29, 0.717) is 35.5 Å². The van der Waals surface area contributed by atoms with Crippen LogP contribution in [0.2, 0.25) is 5.02 Å². The Balaban J connectivity index is 1.46. The highest BCUT2D eigenvalue weighted by Crippen LogP contribution is 2.39. The molecular formula is C32H34ClN7O3. The molecule has 2 atom stereocenters. The maximum Gasteiger partial charge on any atom is 0.439 e. The van der Waals surface area contributed by atoms with Crippen LogP contribution in [0, 0.1) is 11.8 Å². The summed E-state index contributed by atoms with van der Waals surface area (Å²) in [5, 5.41) is 4.42. The zero-order chi connectivity index (χ0) is 29.5. The van der Waals surface area contributed by atoms with Gasteiger partial charge in [0.05, 0.1) is 40.5 Å². The first-order valence-corrected chi connectivity index (χ1v) is 15.3. The summed E-state index contributed by atoms with van der Waals surface area (Å²) in [4.78, 5) is 31.6. The number of aromatic nitrogens is 6. The van der Waals surface area contributed by atoms with Crippen molar-refractivity contribution in [2.75, 3.05) is 18.1 Å². The summed E-state index contributed by atoms with van der Waals surface area (Å²) in [7, 11) is 0. The first-order valence-electron chi connectivity index (χ1n) is 14.9. The highest BCUT2D eigenvalue weighted by Gasteiger charge is 2.34. The third-order valence-electron chi connectivity index (χ3n) is 8.75. The van der Waals surface area contributed by atoms with Gasteiger partial charge >= 0.3 is 5.76 Å². The Kier molecular flexibility index (Phi) is 7.48. The number of ether oxygens (including phenoxy) is 1. The molecule has 0 radical (unpaired) electrons. The predicted molar refractivity (Wildman–Crippen MR) is 165 cm³/mol. The van der Waals surface area contributed by atoms with Gasteiger partial charge in [-0.3, -0.25) is 14.5 Å². The van der Waals surface area contributed by atoms with Crippen LogP contribution < -0.4 is 10.7 Å².